The van der Waals surface area contributed by atoms with Gasteiger partial charge in [-0.15, -0.1) is 0 Å². The van der Waals surface area contributed by atoms with Crippen LogP contribution >= 0.6 is 11.6 Å². The number of carbonyl (C=O) groups is 1. The highest BCUT2D eigenvalue weighted by Gasteiger charge is 2.30. The zero-order chi connectivity index (χ0) is 15.6. The highest BCUT2D eigenvalue weighted by molar-refractivity contribution is 6.32. The Balaban J connectivity index is 2.35. The van der Waals surface area contributed by atoms with Crippen molar-refractivity contribution < 1.29 is 22.7 Å². The lowest BCUT2D eigenvalue weighted by molar-refractivity contribution is -0.137. The quantitative estimate of drug-likeness (QED) is 0.615. The number of methoxy groups -OCH3 is 1. The van der Waals surface area contributed by atoms with Gasteiger partial charge in [-0.2, -0.15) is 13.2 Å². The minimum Gasteiger partial charge on any atom is -0.465 e. The van der Waals surface area contributed by atoms with Crippen molar-refractivity contribution in [2.75, 3.05) is 7.11 Å². The molecule has 1 heterocycles. The van der Waals surface area contributed by atoms with Crippen LogP contribution in [0.4, 0.5) is 13.2 Å². The van der Waals surface area contributed by atoms with Crippen LogP contribution in [0, 0.1) is 0 Å². The largest absolute Gasteiger partial charge is 0.465 e. The molecule has 1 aromatic heterocycles. The van der Waals surface area contributed by atoms with Gasteiger partial charge in [0.1, 0.15) is 5.15 Å². The smallest absolute Gasteiger partial charge is 0.416 e. The summed E-state index contributed by atoms with van der Waals surface area (Å²) in [6, 6.07) is 7.39. The first-order valence-corrected chi connectivity index (χ1v) is 6.13. The minimum atomic E-state index is -4.39. The van der Waals surface area contributed by atoms with Gasteiger partial charge in [0.05, 0.1) is 23.9 Å². The fourth-order valence-electron chi connectivity index (χ4n) is 1.69. The van der Waals surface area contributed by atoms with Crippen molar-refractivity contribution in [3.8, 4) is 11.3 Å². The summed E-state index contributed by atoms with van der Waals surface area (Å²) >= 11 is 5.86. The maximum absolute atomic E-state index is 12.5. The van der Waals surface area contributed by atoms with Gasteiger partial charge in [0.25, 0.3) is 0 Å². The van der Waals surface area contributed by atoms with Crippen LogP contribution < -0.4 is 0 Å². The molecule has 1 aromatic carbocycles. The molecule has 0 saturated heterocycles. The molecule has 0 bridgehead atoms. The number of esters is 1. The Bertz CT molecular complexity index is 669. The van der Waals surface area contributed by atoms with Gasteiger partial charge in [-0.1, -0.05) is 23.7 Å². The highest BCUT2D eigenvalue weighted by atomic mass is 35.5. The third-order valence-electron chi connectivity index (χ3n) is 2.76. The second kappa shape index (κ2) is 5.73. The average Bonchev–Trinajstić information content (AvgIpc) is 2.45. The van der Waals surface area contributed by atoms with Gasteiger partial charge < -0.3 is 4.74 Å². The molecular weight excluding hydrogens is 307 g/mol. The van der Waals surface area contributed by atoms with Crippen LogP contribution in [0.25, 0.3) is 11.3 Å². The Hall–Kier alpha value is -2.08. The molecule has 3 nitrogen and oxygen atoms in total. The number of rotatable bonds is 2. The number of carbonyl (C=O) groups excluding carboxylic acids is 1. The Kier molecular flexibility index (Phi) is 4.18. The summed E-state index contributed by atoms with van der Waals surface area (Å²) in [6.07, 6.45) is -4.39. The number of pyridine rings is 1. The van der Waals surface area contributed by atoms with Crippen molar-refractivity contribution in [2.24, 2.45) is 0 Å². The zero-order valence-corrected chi connectivity index (χ0v) is 11.5. The molecular formula is C14H9ClF3NO2. The predicted molar refractivity (Wildman–Crippen MR) is 71.0 cm³/mol. The molecule has 2 aromatic rings. The van der Waals surface area contributed by atoms with Crippen LogP contribution in [0.2, 0.25) is 5.15 Å². The Morgan fingerprint density at radius 1 is 1.14 bits per heavy atom. The first kappa shape index (κ1) is 15.3. The number of alkyl halides is 3. The molecule has 0 unspecified atom stereocenters. The van der Waals surface area contributed by atoms with Gasteiger partial charge in [0, 0.05) is 5.56 Å². The van der Waals surface area contributed by atoms with E-state index in [1.807, 2.05) is 0 Å². The summed E-state index contributed by atoms with van der Waals surface area (Å²) in [6.45, 7) is 0. The standard InChI is InChI=1S/C14H9ClF3NO2/c1-21-13(20)10-6-7-11(19-12(10)15)8-2-4-9(5-3-8)14(16,17)18/h2-7H,1H3. The number of ether oxygens (including phenoxy) is 1. The Morgan fingerprint density at radius 2 is 1.76 bits per heavy atom. The fourth-order valence-corrected chi connectivity index (χ4v) is 1.92. The second-order valence-electron chi connectivity index (χ2n) is 4.10. The third kappa shape index (κ3) is 3.33. The molecule has 0 fully saturated rings. The summed E-state index contributed by atoms with van der Waals surface area (Å²) < 4.78 is 42.0. The molecule has 0 aliphatic heterocycles. The maximum atomic E-state index is 12.5. The maximum Gasteiger partial charge on any atom is 0.416 e. The summed E-state index contributed by atoms with van der Waals surface area (Å²) in [5.74, 6) is -0.633. The van der Waals surface area contributed by atoms with Crippen LogP contribution in [0.3, 0.4) is 0 Å². The number of hydrogen-bond donors (Lipinski definition) is 0. The van der Waals surface area contributed by atoms with Gasteiger partial charge in [-0.05, 0) is 24.3 Å². The van der Waals surface area contributed by atoms with Crippen LogP contribution in [0.15, 0.2) is 36.4 Å². The first-order valence-electron chi connectivity index (χ1n) is 5.75. The Morgan fingerprint density at radius 3 is 2.24 bits per heavy atom. The second-order valence-corrected chi connectivity index (χ2v) is 4.46. The molecule has 2 rings (SSSR count). The van der Waals surface area contributed by atoms with E-state index in [2.05, 4.69) is 9.72 Å². The van der Waals surface area contributed by atoms with E-state index in [0.29, 0.717) is 11.3 Å². The number of benzene rings is 1. The summed E-state index contributed by atoms with van der Waals surface area (Å²) in [4.78, 5) is 15.4. The molecule has 0 aliphatic carbocycles. The van der Waals surface area contributed by atoms with Gasteiger partial charge in [-0.25, -0.2) is 9.78 Å². The van der Waals surface area contributed by atoms with Crippen LogP contribution in [-0.2, 0) is 10.9 Å². The lowest BCUT2D eigenvalue weighted by Crippen LogP contribution is -2.05. The van der Waals surface area contributed by atoms with Crippen molar-refractivity contribution in [2.45, 2.75) is 6.18 Å². The fraction of sp³-hybridized carbons (Fsp3) is 0.143. The average molecular weight is 316 g/mol. The van der Waals surface area contributed by atoms with Gasteiger partial charge in [0.2, 0.25) is 0 Å². The van der Waals surface area contributed by atoms with E-state index in [9.17, 15) is 18.0 Å². The van der Waals surface area contributed by atoms with Crippen LogP contribution in [0.1, 0.15) is 15.9 Å². The van der Waals surface area contributed by atoms with Crippen LogP contribution in [-0.4, -0.2) is 18.1 Å². The first-order chi connectivity index (χ1) is 9.82. The molecule has 0 aliphatic rings. The van der Waals surface area contributed by atoms with E-state index in [1.54, 1.807) is 0 Å². The molecule has 7 heteroatoms. The number of halogens is 4. The normalized spacial score (nSPS) is 11.3. The van der Waals surface area contributed by atoms with Crippen molar-refractivity contribution in [3.63, 3.8) is 0 Å². The van der Waals surface area contributed by atoms with Crippen LogP contribution in [0.5, 0.6) is 0 Å². The molecule has 0 N–H and O–H groups in total. The van der Waals surface area contributed by atoms with Crippen molar-refractivity contribution in [3.05, 3.63) is 52.7 Å². The molecule has 21 heavy (non-hydrogen) atoms. The summed E-state index contributed by atoms with van der Waals surface area (Å²) in [5.41, 5.74) is 0.168. The van der Waals surface area contributed by atoms with E-state index in [-0.39, 0.29) is 10.7 Å². The van der Waals surface area contributed by atoms with E-state index in [4.69, 9.17) is 11.6 Å². The summed E-state index contributed by atoms with van der Waals surface area (Å²) in [7, 11) is 1.21. The topological polar surface area (TPSA) is 39.2 Å². The van der Waals surface area contributed by atoms with Crippen molar-refractivity contribution >= 4 is 17.6 Å². The summed E-state index contributed by atoms with van der Waals surface area (Å²) in [5, 5.41) is -0.0701. The third-order valence-corrected chi connectivity index (χ3v) is 3.05. The Labute approximate surface area is 123 Å². The minimum absolute atomic E-state index is 0.0701. The lowest BCUT2D eigenvalue weighted by Gasteiger charge is -2.08. The van der Waals surface area contributed by atoms with Gasteiger partial charge in [0.15, 0.2) is 0 Å². The van der Waals surface area contributed by atoms with E-state index in [1.165, 1.54) is 31.4 Å². The van der Waals surface area contributed by atoms with Gasteiger partial charge in [-0.3, -0.25) is 0 Å². The molecule has 0 atom stereocenters. The molecule has 0 amide bonds. The van der Waals surface area contributed by atoms with E-state index >= 15 is 0 Å². The van der Waals surface area contributed by atoms with Crippen molar-refractivity contribution in [1.29, 1.82) is 0 Å². The molecule has 0 spiro atoms. The zero-order valence-electron chi connectivity index (χ0n) is 10.7. The number of hydrogen-bond acceptors (Lipinski definition) is 3. The number of nitrogens with zero attached hydrogens (tertiary/aromatic N) is 1. The van der Waals surface area contributed by atoms with E-state index < -0.39 is 17.7 Å². The molecule has 0 saturated carbocycles. The lowest BCUT2D eigenvalue weighted by atomic mass is 10.1. The molecule has 110 valence electrons. The SMILES string of the molecule is COC(=O)c1ccc(-c2ccc(C(F)(F)F)cc2)nc1Cl. The monoisotopic (exact) mass is 315 g/mol. The number of aromatic nitrogens is 1. The van der Waals surface area contributed by atoms with E-state index in [0.717, 1.165) is 12.1 Å². The van der Waals surface area contributed by atoms with Crippen molar-refractivity contribution in [1.82, 2.24) is 4.98 Å². The van der Waals surface area contributed by atoms with Gasteiger partial charge >= 0.3 is 12.1 Å². The molecule has 0 radical (unpaired) electrons. The predicted octanol–water partition coefficient (Wildman–Crippen LogP) is 4.21. The highest BCUT2D eigenvalue weighted by Crippen LogP contribution is 2.31.